The molecule has 0 spiro atoms. The van der Waals surface area contributed by atoms with E-state index in [-0.39, 0.29) is 12.5 Å². The molecule has 0 bridgehead atoms. The number of nitrogens with one attached hydrogen (secondary N) is 2. The quantitative estimate of drug-likeness (QED) is 0.330. The zero-order valence-electron chi connectivity index (χ0n) is 23.1. The molecule has 3 aliphatic rings. The second-order valence-corrected chi connectivity index (χ2v) is 11.3. The summed E-state index contributed by atoms with van der Waals surface area (Å²) in [6.07, 6.45) is 12.3. The van der Waals surface area contributed by atoms with Crippen molar-refractivity contribution in [2.24, 2.45) is 0 Å². The lowest BCUT2D eigenvalue weighted by molar-refractivity contribution is -0.139. The highest BCUT2D eigenvalue weighted by Crippen LogP contribution is 2.44. The van der Waals surface area contributed by atoms with Crippen LogP contribution in [0.25, 0.3) is 11.1 Å². The van der Waals surface area contributed by atoms with Crippen LogP contribution in [0.1, 0.15) is 94.6 Å². The molecule has 3 aliphatic carbocycles. The Morgan fingerprint density at radius 2 is 1.33 bits per heavy atom. The van der Waals surface area contributed by atoms with Gasteiger partial charge in [0, 0.05) is 18.0 Å². The molecule has 0 unspecified atom stereocenters. The minimum atomic E-state index is -1.17. The minimum absolute atomic E-state index is 0.0487. The van der Waals surface area contributed by atoms with Crippen molar-refractivity contribution >= 4 is 12.1 Å². The number of carbonyl (C=O) groups excluding carboxylic acids is 1. The smallest absolute Gasteiger partial charge is 0.407 e. The van der Waals surface area contributed by atoms with Gasteiger partial charge in [-0.2, -0.15) is 0 Å². The fourth-order valence-corrected chi connectivity index (χ4v) is 6.15. The molecule has 2 aromatic rings. The molecule has 5 rings (SSSR count). The lowest BCUT2D eigenvalue weighted by Crippen LogP contribution is -2.42. The Morgan fingerprint density at radius 1 is 0.846 bits per heavy atom. The van der Waals surface area contributed by atoms with Gasteiger partial charge in [0.25, 0.3) is 0 Å². The standard InChI is InChI=1S/C20H21NO5.C12H23N/c1-12(18(22)10-19(23)24)21-20(25)26-11-17-15-8-4-2-6-13(15)14-7-3-5-9-16(14)17;1-3-7-11(8-4-1)13-12-9-5-2-6-10-12/h2-9,12,17-18,22H,10-11H2,1H3,(H,21,25)(H,23,24);11-13H,1-10H2/t12-,18-;/m0./s1. The monoisotopic (exact) mass is 536 g/mol. The van der Waals surface area contributed by atoms with E-state index in [0.717, 1.165) is 34.3 Å². The van der Waals surface area contributed by atoms with Gasteiger partial charge < -0.3 is 25.6 Å². The number of rotatable bonds is 8. The third-order valence-corrected chi connectivity index (χ3v) is 8.33. The molecule has 7 nitrogen and oxygen atoms in total. The van der Waals surface area contributed by atoms with Crippen molar-refractivity contribution in [1.82, 2.24) is 10.6 Å². The molecule has 2 aromatic carbocycles. The summed E-state index contributed by atoms with van der Waals surface area (Å²) in [5.74, 6) is -1.17. The maximum absolute atomic E-state index is 12.0. The first-order chi connectivity index (χ1) is 18.9. The summed E-state index contributed by atoms with van der Waals surface area (Å²) < 4.78 is 5.36. The second kappa shape index (κ2) is 14.5. The maximum Gasteiger partial charge on any atom is 0.407 e. The molecular formula is C32H44N2O5. The molecule has 2 fully saturated rings. The Labute approximate surface area is 232 Å². The molecule has 4 N–H and O–H groups in total. The van der Waals surface area contributed by atoms with Crippen molar-refractivity contribution in [1.29, 1.82) is 0 Å². The van der Waals surface area contributed by atoms with E-state index in [4.69, 9.17) is 9.84 Å². The number of ether oxygens (including phenoxy) is 1. The van der Waals surface area contributed by atoms with Gasteiger partial charge in [-0.3, -0.25) is 4.79 Å². The van der Waals surface area contributed by atoms with Gasteiger partial charge in [0.05, 0.1) is 18.6 Å². The zero-order valence-corrected chi connectivity index (χ0v) is 23.1. The average Bonchev–Trinajstić information content (AvgIpc) is 3.27. The first-order valence-electron chi connectivity index (χ1n) is 14.7. The molecule has 0 saturated heterocycles. The largest absolute Gasteiger partial charge is 0.481 e. The van der Waals surface area contributed by atoms with Gasteiger partial charge in [0.15, 0.2) is 0 Å². The van der Waals surface area contributed by atoms with E-state index < -0.39 is 30.6 Å². The van der Waals surface area contributed by atoms with Crippen LogP contribution in [0.3, 0.4) is 0 Å². The van der Waals surface area contributed by atoms with Crippen molar-refractivity contribution in [2.45, 2.75) is 108 Å². The molecule has 0 heterocycles. The molecule has 7 heteroatoms. The van der Waals surface area contributed by atoms with Crippen LogP contribution in [-0.2, 0) is 9.53 Å². The molecule has 2 atom stereocenters. The lowest BCUT2D eigenvalue weighted by atomic mass is 9.91. The number of fused-ring (bicyclic) bond motifs is 3. The van der Waals surface area contributed by atoms with Crippen LogP contribution < -0.4 is 10.6 Å². The Bertz CT molecular complexity index is 1020. The lowest BCUT2D eigenvalue weighted by Gasteiger charge is -2.30. The highest BCUT2D eigenvalue weighted by Gasteiger charge is 2.29. The van der Waals surface area contributed by atoms with Crippen LogP contribution >= 0.6 is 0 Å². The number of carboxylic acid groups (broad SMARTS) is 1. The van der Waals surface area contributed by atoms with Gasteiger partial charge >= 0.3 is 12.1 Å². The number of carboxylic acids is 1. The number of amides is 1. The topological polar surface area (TPSA) is 108 Å². The number of aliphatic hydroxyl groups is 1. The first kappa shape index (κ1) is 29.1. The summed E-state index contributed by atoms with van der Waals surface area (Å²) in [4.78, 5) is 22.7. The van der Waals surface area contributed by atoms with E-state index >= 15 is 0 Å². The number of carbonyl (C=O) groups is 2. The van der Waals surface area contributed by atoms with Crippen LogP contribution in [0, 0.1) is 0 Å². The predicted octanol–water partition coefficient (Wildman–Crippen LogP) is 5.99. The fourth-order valence-electron chi connectivity index (χ4n) is 6.15. The summed E-state index contributed by atoms with van der Waals surface area (Å²) in [7, 11) is 0. The summed E-state index contributed by atoms with van der Waals surface area (Å²) in [6, 6.07) is 17.1. The Balaban J connectivity index is 0.000000226. The van der Waals surface area contributed by atoms with E-state index in [0.29, 0.717) is 0 Å². The average molecular weight is 537 g/mol. The Hall–Kier alpha value is -2.90. The number of hydrogen-bond donors (Lipinski definition) is 4. The van der Waals surface area contributed by atoms with E-state index in [1.165, 1.54) is 71.1 Å². The Kier molecular flexibility index (Phi) is 10.8. The van der Waals surface area contributed by atoms with Crippen LogP contribution in [0.2, 0.25) is 0 Å². The number of hydrogen-bond acceptors (Lipinski definition) is 5. The molecule has 0 aliphatic heterocycles. The van der Waals surface area contributed by atoms with Gasteiger partial charge in [-0.15, -0.1) is 0 Å². The van der Waals surface area contributed by atoms with Crippen molar-refractivity contribution in [3.63, 3.8) is 0 Å². The highest BCUT2D eigenvalue weighted by molar-refractivity contribution is 5.79. The van der Waals surface area contributed by atoms with Crippen molar-refractivity contribution < 1.29 is 24.5 Å². The summed E-state index contributed by atoms with van der Waals surface area (Å²) >= 11 is 0. The normalized spacial score (nSPS) is 19.1. The second-order valence-electron chi connectivity index (χ2n) is 11.3. The zero-order chi connectivity index (χ0) is 27.6. The number of aliphatic hydroxyl groups excluding tert-OH is 1. The molecule has 2 saturated carbocycles. The molecular weight excluding hydrogens is 492 g/mol. The number of benzene rings is 2. The third-order valence-electron chi connectivity index (χ3n) is 8.33. The SMILES string of the molecule is C1CCC(NC2CCCCC2)CC1.C[C@H](NC(=O)OCC1c2ccccc2-c2ccccc21)[C@@H](O)CC(=O)O. The molecule has 1 amide bonds. The van der Waals surface area contributed by atoms with Crippen molar-refractivity contribution in [3.05, 3.63) is 59.7 Å². The summed E-state index contributed by atoms with van der Waals surface area (Å²) in [5, 5.41) is 24.8. The predicted molar refractivity (Wildman–Crippen MR) is 153 cm³/mol. The summed E-state index contributed by atoms with van der Waals surface area (Å²) in [5.41, 5.74) is 4.51. The van der Waals surface area contributed by atoms with Crippen LogP contribution in [0.4, 0.5) is 4.79 Å². The Morgan fingerprint density at radius 3 is 1.82 bits per heavy atom. The van der Waals surface area contributed by atoms with Crippen LogP contribution in [0.5, 0.6) is 0 Å². The third kappa shape index (κ3) is 8.29. The van der Waals surface area contributed by atoms with Crippen molar-refractivity contribution in [3.8, 4) is 11.1 Å². The van der Waals surface area contributed by atoms with Gasteiger partial charge in [-0.25, -0.2) is 4.79 Å². The minimum Gasteiger partial charge on any atom is -0.481 e. The van der Waals surface area contributed by atoms with Gasteiger partial charge in [0.1, 0.15) is 6.61 Å². The maximum atomic E-state index is 12.0. The van der Waals surface area contributed by atoms with Crippen LogP contribution in [-0.4, -0.2) is 53.1 Å². The van der Waals surface area contributed by atoms with E-state index in [1.807, 2.05) is 36.4 Å². The van der Waals surface area contributed by atoms with Crippen LogP contribution in [0.15, 0.2) is 48.5 Å². The molecule has 0 aromatic heterocycles. The first-order valence-corrected chi connectivity index (χ1v) is 14.7. The van der Waals surface area contributed by atoms with Gasteiger partial charge in [0.2, 0.25) is 0 Å². The van der Waals surface area contributed by atoms with Crippen molar-refractivity contribution in [2.75, 3.05) is 6.61 Å². The number of alkyl carbamates (subject to hydrolysis) is 1. The van der Waals surface area contributed by atoms with E-state index in [2.05, 4.69) is 22.8 Å². The summed E-state index contributed by atoms with van der Waals surface area (Å²) in [6.45, 7) is 1.71. The number of aliphatic carboxylic acids is 1. The highest BCUT2D eigenvalue weighted by atomic mass is 16.5. The molecule has 212 valence electrons. The molecule has 39 heavy (non-hydrogen) atoms. The van der Waals surface area contributed by atoms with E-state index in [1.54, 1.807) is 0 Å². The van der Waals surface area contributed by atoms with Gasteiger partial charge in [-0.1, -0.05) is 87.1 Å². The van der Waals surface area contributed by atoms with E-state index in [9.17, 15) is 14.7 Å². The van der Waals surface area contributed by atoms with Gasteiger partial charge in [-0.05, 0) is 54.9 Å². The fraction of sp³-hybridized carbons (Fsp3) is 0.562. The molecule has 0 radical (unpaired) electrons.